The van der Waals surface area contributed by atoms with Gasteiger partial charge in [-0.15, -0.1) is 11.3 Å². The number of aromatic nitrogens is 1. The Morgan fingerprint density at radius 3 is 2.25 bits per heavy atom. The molecule has 1 heterocycles. The fourth-order valence-electron chi connectivity index (χ4n) is 2.84. The van der Waals surface area contributed by atoms with Crippen molar-refractivity contribution in [2.45, 2.75) is 33.7 Å². The maximum atomic E-state index is 5.41. The number of methoxy groups -OCH3 is 3. The molecular weight excluding hydrogens is 376 g/mol. The SMILES string of the molecule is CCNC(=NCc1cc(OC)c(OC)c(OC)c1)NCCc1sc(C)nc1C. The highest BCUT2D eigenvalue weighted by Gasteiger charge is 2.13. The fourth-order valence-corrected chi connectivity index (χ4v) is 3.78. The Balaban J connectivity index is 2.06. The average molecular weight is 407 g/mol. The number of nitrogens with one attached hydrogen (secondary N) is 2. The van der Waals surface area contributed by atoms with Crippen LogP contribution >= 0.6 is 11.3 Å². The van der Waals surface area contributed by atoms with Gasteiger partial charge < -0.3 is 24.8 Å². The number of thiazole rings is 1. The number of rotatable bonds is 9. The second kappa shape index (κ2) is 10.8. The lowest BCUT2D eigenvalue weighted by Crippen LogP contribution is -2.38. The van der Waals surface area contributed by atoms with Crippen LogP contribution in [0.5, 0.6) is 17.2 Å². The summed E-state index contributed by atoms with van der Waals surface area (Å²) in [7, 11) is 4.82. The van der Waals surface area contributed by atoms with E-state index in [0.29, 0.717) is 23.8 Å². The van der Waals surface area contributed by atoms with Gasteiger partial charge in [-0.25, -0.2) is 9.98 Å². The molecule has 0 saturated carbocycles. The third-order valence-electron chi connectivity index (χ3n) is 4.13. The molecule has 0 saturated heterocycles. The van der Waals surface area contributed by atoms with Crippen molar-refractivity contribution in [3.05, 3.63) is 33.3 Å². The van der Waals surface area contributed by atoms with Gasteiger partial charge in [-0.1, -0.05) is 0 Å². The summed E-state index contributed by atoms with van der Waals surface area (Å²) in [6.07, 6.45) is 0.923. The van der Waals surface area contributed by atoms with Crippen LogP contribution in [-0.4, -0.2) is 45.4 Å². The van der Waals surface area contributed by atoms with E-state index in [4.69, 9.17) is 14.2 Å². The first-order chi connectivity index (χ1) is 13.5. The van der Waals surface area contributed by atoms with Crippen molar-refractivity contribution in [1.82, 2.24) is 15.6 Å². The Labute approximate surface area is 171 Å². The molecule has 1 aromatic heterocycles. The number of aliphatic imine (C=N–C) groups is 1. The van der Waals surface area contributed by atoms with Crippen molar-refractivity contribution < 1.29 is 14.2 Å². The molecule has 0 unspecified atom stereocenters. The number of hydrogen-bond acceptors (Lipinski definition) is 6. The van der Waals surface area contributed by atoms with Crippen LogP contribution < -0.4 is 24.8 Å². The second-order valence-electron chi connectivity index (χ2n) is 6.15. The summed E-state index contributed by atoms with van der Waals surface area (Å²) in [6.45, 7) is 8.22. The highest BCUT2D eigenvalue weighted by Crippen LogP contribution is 2.38. The summed E-state index contributed by atoms with van der Waals surface area (Å²) >= 11 is 1.75. The third-order valence-corrected chi connectivity index (χ3v) is 5.27. The van der Waals surface area contributed by atoms with E-state index in [0.717, 1.165) is 41.7 Å². The van der Waals surface area contributed by atoms with Gasteiger partial charge in [-0.3, -0.25) is 0 Å². The predicted octanol–water partition coefficient (Wildman–Crippen LogP) is 3.08. The molecule has 2 aromatic rings. The molecule has 0 aliphatic carbocycles. The van der Waals surface area contributed by atoms with Crippen LogP contribution in [0.2, 0.25) is 0 Å². The summed E-state index contributed by atoms with van der Waals surface area (Å²) < 4.78 is 16.2. The molecule has 2 N–H and O–H groups in total. The zero-order valence-corrected chi connectivity index (χ0v) is 18.3. The molecule has 8 heteroatoms. The molecule has 0 atom stereocenters. The number of benzene rings is 1. The van der Waals surface area contributed by atoms with Gasteiger partial charge >= 0.3 is 0 Å². The standard InChI is InChI=1S/C20H30N4O3S/c1-7-21-20(22-9-8-18-13(2)24-14(3)28-18)23-12-15-10-16(25-4)19(27-6)17(11-15)26-5/h10-11H,7-9,12H2,1-6H3,(H2,21,22,23). The monoisotopic (exact) mass is 406 g/mol. The van der Waals surface area contributed by atoms with Crippen molar-refractivity contribution in [1.29, 1.82) is 0 Å². The molecule has 0 spiro atoms. The molecule has 0 bridgehead atoms. The Morgan fingerprint density at radius 1 is 1.07 bits per heavy atom. The lowest BCUT2D eigenvalue weighted by molar-refractivity contribution is 0.324. The Hall–Kier alpha value is -2.48. The van der Waals surface area contributed by atoms with Gasteiger partial charge in [0.15, 0.2) is 17.5 Å². The largest absolute Gasteiger partial charge is 0.493 e. The maximum absolute atomic E-state index is 5.41. The van der Waals surface area contributed by atoms with Gasteiger partial charge in [0.1, 0.15) is 0 Å². The number of guanidine groups is 1. The maximum Gasteiger partial charge on any atom is 0.203 e. The zero-order chi connectivity index (χ0) is 20.5. The molecule has 1 aromatic carbocycles. The minimum Gasteiger partial charge on any atom is -0.493 e. The summed E-state index contributed by atoms with van der Waals surface area (Å²) in [5.74, 6) is 2.61. The van der Waals surface area contributed by atoms with Gasteiger partial charge in [0.25, 0.3) is 0 Å². The molecule has 0 aliphatic heterocycles. The topological polar surface area (TPSA) is 77.0 Å². The molecule has 154 valence electrons. The molecule has 7 nitrogen and oxygen atoms in total. The molecule has 2 rings (SSSR count). The number of nitrogens with zero attached hydrogens (tertiary/aromatic N) is 2. The third kappa shape index (κ3) is 5.76. The number of ether oxygens (including phenoxy) is 3. The summed E-state index contributed by atoms with van der Waals surface area (Å²) in [4.78, 5) is 10.5. The summed E-state index contributed by atoms with van der Waals surface area (Å²) in [6, 6.07) is 3.83. The van der Waals surface area contributed by atoms with Crippen LogP contribution in [0, 0.1) is 13.8 Å². The molecule has 0 amide bonds. The first-order valence-corrected chi connectivity index (χ1v) is 10.1. The average Bonchev–Trinajstić information content (AvgIpc) is 3.02. The Morgan fingerprint density at radius 2 is 1.75 bits per heavy atom. The van der Waals surface area contributed by atoms with E-state index in [1.807, 2.05) is 26.0 Å². The van der Waals surface area contributed by atoms with Crippen LogP contribution in [0.25, 0.3) is 0 Å². The van der Waals surface area contributed by atoms with E-state index < -0.39 is 0 Å². The number of aryl methyl sites for hydroxylation is 2. The zero-order valence-electron chi connectivity index (χ0n) is 17.5. The van der Waals surface area contributed by atoms with Crippen molar-refractivity contribution in [3.8, 4) is 17.2 Å². The number of hydrogen-bond donors (Lipinski definition) is 2. The van der Waals surface area contributed by atoms with E-state index in [1.54, 1.807) is 32.7 Å². The van der Waals surface area contributed by atoms with Crippen molar-refractivity contribution in [2.24, 2.45) is 4.99 Å². The first kappa shape index (κ1) is 21.8. The van der Waals surface area contributed by atoms with E-state index >= 15 is 0 Å². The quantitative estimate of drug-likeness (QED) is 0.492. The molecule has 0 fully saturated rings. The van der Waals surface area contributed by atoms with Crippen LogP contribution in [0.3, 0.4) is 0 Å². The predicted molar refractivity (Wildman–Crippen MR) is 114 cm³/mol. The van der Waals surface area contributed by atoms with E-state index in [1.165, 1.54) is 4.88 Å². The van der Waals surface area contributed by atoms with Crippen LogP contribution in [-0.2, 0) is 13.0 Å². The van der Waals surface area contributed by atoms with Crippen molar-refractivity contribution in [2.75, 3.05) is 34.4 Å². The molecular formula is C20H30N4O3S. The van der Waals surface area contributed by atoms with Crippen molar-refractivity contribution in [3.63, 3.8) is 0 Å². The molecule has 0 radical (unpaired) electrons. The normalized spacial score (nSPS) is 11.3. The Kier molecular flexibility index (Phi) is 8.38. The lowest BCUT2D eigenvalue weighted by Gasteiger charge is -2.14. The van der Waals surface area contributed by atoms with Gasteiger partial charge in [0, 0.05) is 24.4 Å². The molecule has 28 heavy (non-hydrogen) atoms. The summed E-state index contributed by atoms with van der Waals surface area (Å²) in [5.41, 5.74) is 2.09. The minimum atomic E-state index is 0.491. The second-order valence-corrected chi connectivity index (χ2v) is 7.43. The first-order valence-electron chi connectivity index (χ1n) is 9.26. The lowest BCUT2D eigenvalue weighted by atomic mass is 10.2. The van der Waals surface area contributed by atoms with Crippen molar-refractivity contribution >= 4 is 17.3 Å². The van der Waals surface area contributed by atoms with Crippen LogP contribution in [0.15, 0.2) is 17.1 Å². The minimum absolute atomic E-state index is 0.491. The van der Waals surface area contributed by atoms with Gasteiger partial charge in [-0.05, 0) is 38.5 Å². The van der Waals surface area contributed by atoms with Gasteiger partial charge in [-0.2, -0.15) is 0 Å². The van der Waals surface area contributed by atoms with Crippen LogP contribution in [0.1, 0.15) is 28.1 Å². The fraction of sp³-hybridized carbons (Fsp3) is 0.500. The highest BCUT2D eigenvalue weighted by molar-refractivity contribution is 7.11. The Bertz CT molecular complexity index is 780. The smallest absolute Gasteiger partial charge is 0.203 e. The van der Waals surface area contributed by atoms with Gasteiger partial charge in [0.05, 0.1) is 38.6 Å². The van der Waals surface area contributed by atoms with E-state index in [9.17, 15) is 0 Å². The van der Waals surface area contributed by atoms with E-state index in [2.05, 4.69) is 27.5 Å². The summed E-state index contributed by atoms with van der Waals surface area (Å²) in [5, 5.41) is 7.77. The molecule has 0 aliphatic rings. The van der Waals surface area contributed by atoms with E-state index in [-0.39, 0.29) is 0 Å². The highest BCUT2D eigenvalue weighted by atomic mass is 32.1. The van der Waals surface area contributed by atoms with Crippen LogP contribution in [0.4, 0.5) is 0 Å². The van der Waals surface area contributed by atoms with Gasteiger partial charge in [0.2, 0.25) is 5.75 Å².